The molecular formula is C17H14BrN3O. The van der Waals surface area contributed by atoms with Gasteiger partial charge in [-0.2, -0.15) is 0 Å². The lowest BCUT2D eigenvalue weighted by Crippen LogP contribution is -2.14. The van der Waals surface area contributed by atoms with Crippen LogP contribution in [0.1, 0.15) is 21.6 Å². The number of aromatic nitrogens is 2. The summed E-state index contributed by atoms with van der Waals surface area (Å²) >= 11 is 3.40. The van der Waals surface area contributed by atoms with E-state index in [4.69, 9.17) is 0 Å². The fourth-order valence-corrected chi connectivity index (χ4v) is 2.50. The first-order chi connectivity index (χ1) is 10.5. The van der Waals surface area contributed by atoms with Crippen molar-refractivity contribution in [2.45, 2.75) is 13.8 Å². The number of anilines is 1. The quantitative estimate of drug-likeness (QED) is 0.746. The van der Waals surface area contributed by atoms with Gasteiger partial charge in [0.15, 0.2) is 0 Å². The number of aryl methyl sites for hydroxylation is 2. The van der Waals surface area contributed by atoms with Crippen molar-refractivity contribution in [2.75, 3.05) is 5.32 Å². The summed E-state index contributed by atoms with van der Waals surface area (Å²) in [5.74, 6) is 0.347. The number of halogens is 1. The van der Waals surface area contributed by atoms with E-state index in [1.807, 2.05) is 44.2 Å². The van der Waals surface area contributed by atoms with Crippen LogP contribution in [0.15, 0.2) is 47.1 Å². The summed E-state index contributed by atoms with van der Waals surface area (Å²) in [5.41, 5.74) is 3.24. The van der Waals surface area contributed by atoms with Crippen molar-refractivity contribution in [3.05, 3.63) is 63.9 Å². The third-order valence-corrected chi connectivity index (χ3v) is 4.21. The molecule has 0 atom stereocenters. The smallest absolute Gasteiger partial charge is 0.257 e. The lowest BCUT2D eigenvalue weighted by molar-refractivity contribution is 0.102. The Morgan fingerprint density at radius 1 is 1.18 bits per heavy atom. The molecule has 0 saturated heterocycles. The molecule has 3 aromatic rings. The number of benzene rings is 1. The van der Waals surface area contributed by atoms with Gasteiger partial charge in [-0.15, -0.1) is 0 Å². The van der Waals surface area contributed by atoms with Gasteiger partial charge in [0.1, 0.15) is 5.82 Å². The van der Waals surface area contributed by atoms with Crippen LogP contribution in [0, 0.1) is 13.8 Å². The Balaban J connectivity index is 2.00. The summed E-state index contributed by atoms with van der Waals surface area (Å²) in [4.78, 5) is 21.2. The van der Waals surface area contributed by atoms with Crippen LogP contribution in [0.5, 0.6) is 0 Å². The second kappa shape index (κ2) is 5.85. The number of fused-ring (bicyclic) bond motifs is 1. The Bertz CT molecular complexity index is 877. The maximum Gasteiger partial charge on any atom is 0.257 e. The second-order valence-corrected chi connectivity index (χ2v) is 5.96. The Morgan fingerprint density at radius 3 is 2.73 bits per heavy atom. The van der Waals surface area contributed by atoms with Gasteiger partial charge in [0, 0.05) is 21.7 Å². The van der Waals surface area contributed by atoms with E-state index in [0.717, 1.165) is 26.6 Å². The van der Waals surface area contributed by atoms with Crippen LogP contribution in [0.2, 0.25) is 0 Å². The first-order valence-electron chi connectivity index (χ1n) is 6.84. The molecule has 110 valence electrons. The van der Waals surface area contributed by atoms with E-state index in [0.29, 0.717) is 11.4 Å². The van der Waals surface area contributed by atoms with E-state index in [2.05, 4.69) is 31.2 Å². The molecule has 2 aromatic heterocycles. The minimum atomic E-state index is -0.184. The average Bonchev–Trinajstić information content (AvgIpc) is 2.50. The minimum Gasteiger partial charge on any atom is -0.307 e. The van der Waals surface area contributed by atoms with Gasteiger partial charge in [-0.25, -0.2) is 4.98 Å². The molecule has 1 amide bonds. The predicted octanol–water partition coefficient (Wildman–Crippen LogP) is 4.26. The SMILES string of the molecule is Cc1cc(C(=O)Nc2cc(C)c(Br)cn2)c2ccccc2n1. The summed E-state index contributed by atoms with van der Waals surface area (Å²) in [6.07, 6.45) is 1.68. The van der Waals surface area contributed by atoms with Crippen molar-refractivity contribution in [2.24, 2.45) is 0 Å². The molecule has 0 bridgehead atoms. The molecule has 0 fully saturated rings. The van der Waals surface area contributed by atoms with Gasteiger partial charge in [0.05, 0.1) is 11.1 Å². The van der Waals surface area contributed by atoms with Crippen molar-refractivity contribution in [1.82, 2.24) is 9.97 Å². The zero-order chi connectivity index (χ0) is 15.7. The monoisotopic (exact) mass is 355 g/mol. The van der Waals surface area contributed by atoms with E-state index < -0.39 is 0 Å². The van der Waals surface area contributed by atoms with Gasteiger partial charge in [-0.3, -0.25) is 9.78 Å². The minimum absolute atomic E-state index is 0.184. The third kappa shape index (κ3) is 2.85. The summed E-state index contributed by atoms with van der Waals surface area (Å²) in [5, 5.41) is 3.68. The molecule has 0 saturated carbocycles. The average molecular weight is 356 g/mol. The number of nitrogens with zero attached hydrogens (tertiary/aromatic N) is 2. The maximum absolute atomic E-state index is 12.6. The van der Waals surface area contributed by atoms with Crippen molar-refractivity contribution in [3.8, 4) is 0 Å². The highest BCUT2D eigenvalue weighted by atomic mass is 79.9. The first kappa shape index (κ1) is 14.7. The Kier molecular flexibility index (Phi) is 3.90. The number of carbonyl (C=O) groups is 1. The topological polar surface area (TPSA) is 54.9 Å². The Labute approximate surface area is 136 Å². The molecule has 0 aliphatic rings. The molecule has 5 heteroatoms. The number of amides is 1. The van der Waals surface area contributed by atoms with Crippen molar-refractivity contribution < 1.29 is 4.79 Å². The summed E-state index contributed by atoms with van der Waals surface area (Å²) in [6, 6.07) is 11.2. The van der Waals surface area contributed by atoms with E-state index in [-0.39, 0.29) is 5.91 Å². The Hall–Kier alpha value is -2.27. The highest BCUT2D eigenvalue weighted by Crippen LogP contribution is 2.21. The molecule has 22 heavy (non-hydrogen) atoms. The van der Waals surface area contributed by atoms with E-state index in [1.165, 1.54) is 0 Å². The molecule has 2 heterocycles. The zero-order valence-corrected chi connectivity index (χ0v) is 13.8. The van der Waals surface area contributed by atoms with Gasteiger partial charge >= 0.3 is 0 Å². The van der Waals surface area contributed by atoms with Gasteiger partial charge < -0.3 is 5.32 Å². The molecule has 0 unspecified atom stereocenters. The van der Waals surface area contributed by atoms with Crippen LogP contribution in [-0.4, -0.2) is 15.9 Å². The molecule has 0 spiro atoms. The standard InChI is InChI=1S/C17H14BrN3O/c1-10-7-16(19-9-14(10)18)21-17(22)13-8-11(2)20-15-6-4-3-5-12(13)15/h3-9H,1-2H3,(H,19,21,22). The van der Waals surface area contributed by atoms with Crippen LogP contribution in [0.3, 0.4) is 0 Å². The van der Waals surface area contributed by atoms with E-state index >= 15 is 0 Å². The van der Waals surface area contributed by atoms with Gasteiger partial charge in [0.2, 0.25) is 0 Å². The molecule has 0 radical (unpaired) electrons. The van der Waals surface area contributed by atoms with E-state index in [9.17, 15) is 4.79 Å². The fraction of sp³-hybridized carbons (Fsp3) is 0.118. The normalized spacial score (nSPS) is 10.7. The van der Waals surface area contributed by atoms with Crippen molar-refractivity contribution in [3.63, 3.8) is 0 Å². The second-order valence-electron chi connectivity index (χ2n) is 5.10. The molecule has 4 nitrogen and oxygen atoms in total. The number of rotatable bonds is 2. The molecule has 0 aliphatic heterocycles. The molecule has 3 rings (SSSR count). The van der Waals surface area contributed by atoms with Crippen LogP contribution in [0.25, 0.3) is 10.9 Å². The predicted molar refractivity (Wildman–Crippen MR) is 91.1 cm³/mol. The molecule has 1 N–H and O–H groups in total. The van der Waals surface area contributed by atoms with Crippen LogP contribution >= 0.6 is 15.9 Å². The third-order valence-electron chi connectivity index (χ3n) is 3.38. The van der Waals surface area contributed by atoms with Gasteiger partial charge in [-0.1, -0.05) is 18.2 Å². The summed E-state index contributed by atoms with van der Waals surface area (Å²) in [6.45, 7) is 3.83. The van der Waals surface area contributed by atoms with Crippen molar-refractivity contribution >= 4 is 38.6 Å². The summed E-state index contributed by atoms with van der Waals surface area (Å²) in [7, 11) is 0. The number of pyridine rings is 2. The first-order valence-corrected chi connectivity index (χ1v) is 7.64. The van der Waals surface area contributed by atoms with Gasteiger partial charge in [-0.05, 0) is 53.5 Å². The lowest BCUT2D eigenvalue weighted by Gasteiger charge is -2.09. The molecule has 0 aliphatic carbocycles. The number of carbonyl (C=O) groups excluding carboxylic acids is 1. The molecular weight excluding hydrogens is 342 g/mol. The fourth-order valence-electron chi connectivity index (χ4n) is 2.29. The Morgan fingerprint density at radius 2 is 1.95 bits per heavy atom. The highest BCUT2D eigenvalue weighted by molar-refractivity contribution is 9.10. The number of para-hydroxylation sites is 1. The van der Waals surface area contributed by atoms with Crippen LogP contribution in [-0.2, 0) is 0 Å². The van der Waals surface area contributed by atoms with Gasteiger partial charge in [0.25, 0.3) is 5.91 Å². The molecule has 1 aromatic carbocycles. The number of hydrogen-bond donors (Lipinski definition) is 1. The van der Waals surface area contributed by atoms with Crippen LogP contribution in [0.4, 0.5) is 5.82 Å². The lowest BCUT2D eigenvalue weighted by atomic mass is 10.1. The van der Waals surface area contributed by atoms with E-state index in [1.54, 1.807) is 12.3 Å². The van der Waals surface area contributed by atoms with Crippen molar-refractivity contribution in [1.29, 1.82) is 0 Å². The van der Waals surface area contributed by atoms with Crippen LogP contribution < -0.4 is 5.32 Å². The highest BCUT2D eigenvalue weighted by Gasteiger charge is 2.13. The number of nitrogens with one attached hydrogen (secondary N) is 1. The summed E-state index contributed by atoms with van der Waals surface area (Å²) < 4.78 is 0.913. The largest absolute Gasteiger partial charge is 0.307 e. The number of hydrogen-bond acceptors (Lipinski definition) is 3. The maximum atomic E-state index is 12.6. The zero-order valence-electron chi connectivity index (χ0n) is 12.2.